The molecule has 7 heteroatoms. The smallest absolute Gasteiger partial charge is 0.242 e. The number of rotatable bonds is 9. The number of nitrogens with zero attached hydrogens (tertiary/aromatic N) is 3. The van der Waals surface area contributed by atoms with Crippen LogP contribution >= 0.6 is 0 Å². The van der Waals surface area contributed by atoms with Gasteiger partial charge in [-0.05, 0) is 25.0 Å². The first-order chi connectivity index (χ1) is 11.7. The van der Waals surface area contributed by atoms with E-state index in [1.807, 2.05) is 35.8 Å². The molecule has 1 aromatic carbocycles. The van der Waals surface area contributed by atoms with Crippen LogP contribution in [0.15, 0.2) is 30.6 Å². The van der Waals surface area contributed by atoms with E-state index >= 15 is 0 Å². The van der Waals surface area contributed by atoms with Crippen LogP contribution in [-0.2, 0) is 17.9 Å². The van der Waals surface area contributed by atoms with Gasteiger partial charge in [-0.25, -0.2) is 0 Å². The molecule has 130 valence electrons. The quantitative estimate of drug-likeness (QED) is 0.736. The minimum absolute atomic E-state index is 0.0635. The van der Waals surface area contributed by atoms with Crippen molar-refractivity contribution < 1.29 is 9.53 Å². The van der Waals surface area contributed by atoms with Crippen molar-refractivity contribution in [2.24, 2.45) is 0 Å². The Hall–Kier alpha value is -2.57. The molecule has 0 aliphatic rings. The van der Waals surface area contributed by atoms with E-state index in [-0.39, 0.29) is 11.9 Å². The van der Waals surface area contributed by atoms with Crippen LogP contribution in [0.25, 0.3) is 0 Å². The molecule has 0 unspecified atom stereocenters. The van der Waals surface area contributed by atoms with Gasteiger partial charge in [0, 0.05) is 18.3 Å². The molecule has 0 saturated heterocycles. The molecule has 0 aliphatic heterocycles. The Morgan fingerprint density at radius 3 is 2.92 bits per heavy atom. The van der Waals surface area contributed by atoms with E-state index < -0.39 is 0 Å². The molecular weight excluding hydrogens is 306 g/mol. The third-order valence-corrected chi connectivity index (χ3v) is 3.72. The van der Waals surface area contributed by atoms with Crippen LogP contribution in [0.3, 0.4) is 0 Å². The number of benzene rings is 1. The highest BCUT2D eigenvalue weighted by molar-refractivity contribution is 5.84. The molecule has 0 fully saturated rings. The van der Waals surface area contributed by atoms with Crippen LogP contribution in [0.1, 0.15) is 32.5 Å². The predicted molar refractivity (Wildman–Crippen MR) is 92.9 cm³/mol. The topological polar surface area (TPSA) is 81.1 Å². The molecule has 0 radical (unpaired) electrons. The second kappa shape index (κ2) is 8.90. The summed E-state index contributed by atoms with van der Waals surface area (Å²) in [6.45, 7) is 5.27. The lowest BCUT2D eigenvalue weighted by Gasteiger charge is -2.18. The van der Waals surface area contributed by atoms with Gasteiger partial charge in [0.1, 0.15) is 18.1 Å². The van der Waals surface area contributed by atoms with Crippen LogP contribution in [0.2, 0.25) is 0 Å². The largest absolute Gasteiger partial charge is 0.497 e. The number of amides is 1. The maximum absolute atomic E-state index is 12.4. The summed E-state index contributed by atoms with van der Waals surface area (Å²) < 4.78 is 7.16. The number of ether oxygens (including phenoxy) is 1. The van der Waals surface area contributed by atoms with E-state index in [0.717, 1.165) is 30.2 Å². The van der Waals surface area contributed by atoms with Gasteiger partial charge in [-0.2, -0.15) is 0 Å². The van der Waals surface area contributed by atoms with E-state index in [9.17, 15) is 4.79 Å². The molecular formula is C17H25N5O2. The van der Waals surface area contributed by atoms with E-state index in [4.69, 9.17) is 4.74 Å². The Morgan fingerprint density at radius 1 is 1.38 bits per heavy atom. The average molecular weight is 331 g/mol. The lowest BCUT2D eigenvalue weighted by molar-refractivity contribution is -0.122. The van der Waals surface area contributed by atoms with Crippen LogP contribution < -0.4 is 15.4 Å². The molecule has 0 aliphatic carbocycles. The molecule has 24 heavy (non-hydrogen) atoms. The Balaban J connectivity index is 1.94. The summed E-state index contributed by atoms with van der Waals surface area (Å²) in [6.07, 6.45) is 3.36. The highest BCUT2D eigenvalue weighted by Crippen LogP contribution is 2.18. The zero-order valence-corrected chi connectivity index (χ0v) is 14.5. The molecule has 1 amide bonds. The first-order valence-electron chi connectivity index (χ1n) is 8.22. The van der Waals surface area contributed by atoms with Gasteiger partial charge in [-0.1, -0.05) is 19.9 Å². The van der Waals surface area contributed by atoms with Gasteiger partial charge >= 0.3 is 0 Å². The van der Waals surface area contributed by atoms with Gasteiger partial charge in [0.05, 0.1) is 13.7 Å². The highest BCUT2D eigenvalue weighted by atomic mass is 16.5. The fraction of sp³-hybridized carbons (Fsp3) is 0.471. The Bertz CT molecular complexity index is 656. The number of aryl methyl sites for hydroxylation is 1. The molecule has 0 spiro atoms. The van der Waals surface area contributed by atoms with Gasteiger partial charge in [-0.15, -0.1) is 10.2 Å². The van der Waals surface area contributed by atoms with Crippen LogP contribution in [0.4, 0.5) is 5.69 Å². The minimum atomic E-state index is -0.320. The maximum Gasteiger partial charge on any atom is 0.242 e. The lowest BCUT2D eigenvalue weighted by atomic mass is 10.2. The van der Waals surface area contributed by atoms with Crippen molar-refractivity contribution in [3.8, 4) is 5.75 Å². The molecule has 2 rings (SSSR count). The van der Waals surface area contributed by atoms with E-state index in [1.54, 1.807) is 13.4 Å². The van der Waals surface area contributed by atoms with Crippen molar-refractivity contribution in [1.29, 1.82) is 0 Å². The van der Waals surface area contributed by atoms with Crippen molar-refractivity contribution in [3.63, 3.8) is 0 Å². The van der Waals surface area contributed by atoms with Gasteiger partial charge in [0.2, 0.25) is 5.91 Å². The number of carbonyl (C=O) groups is 1. The minimum Gasteiger partial charge on any atom is -0.497 e. The summed E-state index contributed by atoms with van der Waals surface area (Å²) >= 11 is 0. The molecule has 2 aromatic rings. The predicted octanol–water partition coefficient (Wildman–Crippen LogP) is 2.20. The Labute approximate surface area is 142 Å². The summed E-state index contributed by atoms with van der Waals surface area (Å²) in [5.41, 5.74) is 0.852. The number of anilines is 1. The fourth-order valence-electron chi connectivity index (χ4n) is 2.40. The number of hydrogen-bond acceptors (Lipinski definition) is 5. The zero-order chi connectivity index (χ0) is 17.4. The van der Waals surface area contributed by atoms with Crippen LogP contribution in [-0.4, -0.2) is 33.8 Å². The Kier molecular flexibility index (Phi) is 6.60. The van der Waals surface area contributed by atoms with Crippen LogP contribution in [0, 0.1) is 0 Å². The first kappa shape index (κ1) is 17.8. The van der Waals surface area contributed by atoms with Crippen molar-refractivity contribution in [3.05, 3.63) is 36.4 Å². The third-order valence-electron chi connectivity index (χ3n) is 3.72. The average Bonchev–Trinajstić information content (AvgIpc) is 3.05. The molecule has 0 bridgehead atoms. The number of nitrogens with one attached hydrogen (secondary N) is 2. The second-order valence-corrected chi connectivity index (χ2v) is 5.50. The monoisotopic (exact) mass is 331 g/mol. The van der Waals surface area contributed by atoms with E-state index in [2.05, 4.69) is 27.8 Å². The number of methoxy groups -OCH3 is 1. The second-order valence-electron chi connectivity index (χ2n) is 5.50. The first-order valence-corrected chi connectivity index (χ1v) is 8.22. The number of aromatic nitrogens is 3. The SMILES string of the molecule is CCCn1cnnc1CNC(=O)[C@@H](CC)Nc1cccc(OC)c1. The number of hydrogen-bond donors (Lipinski definition) is 2. The van der Waals surface area contributed by atoms with Gasteiger partial charge in [-0.3, -0.25) is 4.79 Å². The summed E-state index contributed by atoms with van der Waals surface area (Å²) in [5, 5.41) is 14.1. The fourth-order valence-corrected chi connectivity index (χ4v) is 2.40. The van der Waals surface area contributed by atoms with E-state index in [0.29, 0.717) is 13.0 Å². The zero-order valence-electron chi connectivity index (χ0n) is 14.5. The van der Waals surface area contributed by atoms with Gasteiger partial charge < -0.3 is 19.9 Å². The summed E-state index contributed by atoms with van der Waals surface area (Å²) in [6, 6.07) is 7.22. The molecule has 7 nitrogen and oxygen atoms in total. The molecule has 2 N–H and O–H groups in total. The normalized spacial score (nSPS) is 11.8. The molecule has 1 heterocycles. The van der Waals surface area contributed by atoms with Crippen molar-refractivity contribution in [2.45, 2.75) is 45.8 Å². The molecule has 1 aromatic heterocycles. The standard InChI is InChI=1S/C17H25N5O2/c1-4-9-22-12-19-21-16(22)11-18-17(23)15(5-2)20-13-7-6-8-14(10-13)24-3/h6-8,10,12,15,20H,4-5,9,11H2,1-3H3,(H,18,23)/t15-/m1/s1. The summed E-state index contributed by atoms with van der Waals surface area (Å²) in [4.78, 5) is 12.4. The lowest BCUT2D eigenvalue weighted by Crippen LogP contribution is -2.39. The van der Waals surface area contributed by atoms with Crippen molar-refractivity contribution >= 4 is 11.6 Å². The summed E-state index contributed by atoms with van der Waals surface area (Å²) in [5.74, 6) is 1.45. The Morgan fingerprint density at radius 2 is 2.21 bits per heavy atom. The third kappa shape index (κ3) is 4.71. The van der Waals surface area contributed by atoms with Gasteiger partial charge in [0.15, 0.2) is 5.82 Å². The number of carbonyl (C=O) groups excluding carboxylic acids is 1. The molecule has 1 atom stereocenters. The van der Waals surface area contributed by atoms with Crippen LogP contribution in [0.5, 0.6) is 5.75 Å². The van der Waals surface area contributed by atoms with Crippen molar-refractivity contribution in [2.75, 3.05) is 12.4 Å². The highest BCUT2D eigenvalue weighted by Gasteiger charge is 2.17. The van der Waals surface area contributed by atoms with Gasteiger partial charge in [0.25, 0.3) is 0 Å². The summed E-state index contributed by atoms with van der Waals surface area (Å²) in [7, 11) is 1.62. The van der Waals surface area contributed by atoms with Crippen molar-refractivity contribution in [1.82, 2.24) is 20.1 Å². The maximum atomic E-state index is 12.4. The molecule has 0 saturated carbocycles. The van der Waals surface area contributed by atoms with E-state index in [1.165, 1.54) is 0 Å².